The number of hydrogen-bond acceptors (Lipinski definition) is 3. The normalized spacial score (nSPS) is 18.0. The monoisotopic (exact) mass is 473 g/mol. The molecule has 1 aliphatic heterocycles. The van der Waals surface area contributed by atoms with Gasteiger partial charge >= 0.3 is 0 Å². The maximum Gasteiger partial charge on any atom is 0.127 e. The predicted octanol–water partition coefficient (Wildman–Crippen LogP) is 7.24. The number of aliphatic imine (C=N–C) groups is 1. The zero-order valence-electron chi connectivity index (χ0n) is 20.7. The molecule has 33 heavy (non-hydrogen) atoms. The maximum absolute atomic E-state index is 14.7. The summed E-state index contributed by atoms with van der Waals surface area (Å²) in [7, 11) is 0. The summed E-state index contributed by atoms with van der Waals surface area (Å²) in [6.45, 7) is 17.3. The summed E-state index contributed by atoms with van der Waals surface area (Å²) in [4.78, 5) is 4.25. The van der Waals surface area contributed by atoms with E-state index in [-0.39, 0.29) is 11.2 Å². The predicted molar refractivity (Wildman–Crippen MR) is 142 cm³/mol. The first kappa shape index (κ1) is 27.3. The Bertz CT molecular complexity index is 851. The van der Waals surface area contributed by atoms with Crippen LogP contribution < -0.4 is 10.6 Å². The third kappa shape index (κ3) is 11.2. The molecule has 182 valence electrons. The Morgan fingerprint density at radius 3 is 2.70 bits per heavy atom. The van der Waals surface area contributed by atoms with Crippen molar-refractivity contribution < 1.29 is 4.39 Å². The van der Waals surface area contributed by atoms with Crippen LogP contribution in [0.3, 0.4) is 0 Å². The molecular weight excluding hydrogens is 433 g/mol. The number of allylic oxidation sites excluding steroid dienone is 3. The van der Waals surface area contributed by atoms with E-state index in [1.165, 1.54) is 0 Å². The second kappa shape index (κ2) is 13.7. The highest BCUT2D eigenvalue weighted by atomic mass is 35.5. The van der Waals surface area contributed by atoms with Crippen molar-refractivity contribution in [3.63, 3.8) is 0 Å². The van der Waals surface area contributed by atoms with Gasteiger partial charge in [0.2, 0.25) is 0 Å². The molecule has 5 heteroatoms. The van der Waals surface area contributed by atoms with Gasteiger partial charge in [-0.05, 0) is 79.2 Å². The molecule has 2 rings (SSSR count). The fourth-order valence-corrected chi connectivity index (χ4v) is 4.40. The molecule has 1 atom stereocenters. The van der Waals surface area contributed by atoms with E-state index in [0.29, 0.717) is 29.6 Å². The van der Waals surface area contributed by atoms with E-state index >= 15 is 0 Å². The fraction of sp³-hybridized carbons (Fsp3) is 0.536. The number of halogens is 2. The Kier molecular flexibility index (Phi) is 11.4. The van der Waals surface area contributed by atoms with Crippen LogP contribution in [0.15, 0.2) is 53.2 Å². The smallest absolute Gasteiger partial charge is 0.127 e. The van der Waals surface area contributed by atoms with Crippen molar-refractivity contribution >= 4 is 23.4 Å². The first-order chi connectivity index (χ1) is 15.6. The summed E-state index contributed by atoms with van der Waals surface area (Å²) in [5.41, 5.74) is 3.85. The molecule has 0 saturated carbocycles. The maximum atomic E-state index is 14.7. The highest BCUT2D eigenvalue weighted by Gasteiger charge is 2.14. The summed E-state index contributed by atoms with van der Waals surface area (Å²) in [5.74, 6) is 0.455. The molecule has 0 radical (unpaired) electrons. The average molecular weight is 474 g/mol. The molecule has 0 spiro atoms. The van der Waals surface area contributed by atoms with Crippen LogP contribution >= 0.6 is 11.6 Å². The quantitative estimate of drug-likeness (QED) is 0.390. The van der Waals surface area contributed by atoms with Crippen LogP contribution in [0.5, 0.6) is 0 Å². The number of rotatable bonds is 8. The Balaban J connectivity index is 1.83. The van der Waals surface area contributed by atoms with E-state index in [1.807, 2.05) is 18.3 Å². The van der Waals surface area contributed by atoms with Crippen LogP contribution in [0.4, 0.5) is 4.39 Å². The number of nitrogens with zero attached hydrogens (tertiary/aromatic N) is 1. The lowest BCUT2D eigenvalue weighted by Gasteiger charge is -2.20. The van der Waals surface area contributed by atoms with Crippen molar-refractivity contribution in [2.75, 3.05) is 19.8 Å². The zero-order chi connectivity index (χ0) is 24.3. The van der Waals surface area contributed by atoms with Gasteiger partial charge in [-0.3, -0.25) is 10.3 Å². The molecule has 1 aromatic rings. The fourth-order valence-electron chi connectivity index (χ4n) is 4.25. The van der Waals surface area contributed by atoms with Gasteiger partial charge in [-0.1, -0.05) is 69.7 Å². The van der Waals surface area contributed by atoms with Gasteiger partial charge < -0.3 is 5.32 Å². The highest BCUT2D eigenvalue weighted by molar-refractivity contribution is 6.39. The second-order valence-electron chi connectivity index (χ2n) is 10.4. The minimum absolute atomic E-state index is 0.158. The standard InChI is InChI=1S/C28H41ClFN3/c1-21(17-28(3,4)5)15-25-10-9-24(16-27(25)30)22(2)7-6-8-23-11-13-31-18-26(29)19-33-20-32-14-12-23/h9-10,16,18-19,23,31-32H,1-2,6-8,11-15,17,20H2,3-5H3. The van der Waals surface area contributed by atoms with Crippen LogP contribution in [0.2, 0.25) is 0 Å². The van der Waals surface area contributed by atoms with Crippen LogP contribution in [0.1, 0.15) is 70.4 Å². The Morgan fingerprint density at radius 2 is 1.97 bits per heavy atom. The molecule has 1 aliphatic rings. The molecule has 2 N–H and O–H groups in total. The van der Waals surface area contributed by atoms with Crippen molar-refractivity contribution in [3.05, 3.63) is 65.1 Å². The summed E-state index contributed by atoms with van der Waals surface area (Å²) in [6, 6.07) is 5.54. The molecule has 1 unspecified atom stereocenters. The Labute approximate surface area is 205 Å². The van der Waals surface area contributed by atoms with E-state index in [9.17, 15) is 4.39 Å². The largest absolute Gasteiger partial charge is 0.390 e. The zero-order valence-corrected chi connectivity index (χ0v) is 21.4. The first-order valence-electron chi connectivity index (χ1n) is 12.1. The molecule has 3 nitrogen and oxygen atoms in total. The van der Waals surface area contributed by atoms with Gasteiger partial charge in [-0.2, -0.15) is 0 Å². The number of nitrogens with one attached hydrogen (secondary N) is 2. The number of hydrogen-bond donors (Lipinski definition) is 2. The summed E-state index contributed by atoms with van der Waals surface area (Å²) >= 11 is 6.08. The lowest BCUT2D eigenvalue weighted by molar-refractivity contribution is 0.398. The number of benzene rings is 1. The van der Waals surface area contributed by atoms with Gasteiger partial charge in [0.05, 0.1) is 11.7 Å². The summed E-state index contributed by atoms with van der Waals surface area (Å²) < 4.78 is 14.7. The molecule has 1 aromatic carbocycles. The van der Waals surface area contributed by atoms with Crippen LogP contribution in [0, 0.1) is 17.2 Å². The minimum atomic E-state index is -0.158. The first-order valence-corrected chi connectivity index (χ1v) is 12.4. The lowest BCUT2D eigenvalue weighted by Crippen LogP contribution is -2.21. The topological polar surface area (TPSA) is 36.4 Å². The average Bonchev–Trinajstić information content (AvgIpc) is 2.71. The van der Waals surface area contributed by atoms with Gasteiger partial charge in [0.1, 0.15) is 5.82 Å². The molecule has 0 fully saturated rings. The second-order valence-corrected chi connectivity index (χ2v) is 10.8. The van der Waals surface area contributed by atoms with E-state index < -0.39 is 0 Å². The van der Waals surface area contributed by atoms with Crippen molar-refractivity contribution in [1.29, 1.82) is 0 Å². The van der Waals surface area contributed by atoms with Crippen molar-refractivity contribution in [3.8, 4) is 0 Å². The van der Waals surface area contributed by atoms with Gasteiger partial charge in [0.15, 0.2) is 0 Å². The van der Waals surface area contributed by atoms with Gasteiger partial charge in [-0.15, -0.1) is 0 Å². The van der Waals surface area contributed by atoms with E-state index in [0.717, 1.165) is 68.3 Å². The third-order valence-electron chi connectivity index (χ3n) is 5.86. The SMILES string of the molecule is C=C(Cc1ccc(C(=C)CCCC2CCNC=C(Cl)C=NCNCC2)cc1F)CC(C)(C)C. The molecule has 0 amide bonds. The highest BCUT2D eigenvalue weighted by Crippen LogP contribution is 2.28. The van der Waals surface area contributed by atoms with Crippen molar-refractivity contribution in [1.82, 2.24) is 10.6 Å². The van der Waals surface area contributed by atoms with E-state index in [4.69, 9.17) is 11.6 Å². The Morgan fingerprint density at radius 1 is 1.21 bits per heavy atom. The summed E-state index contributed by atoms with van der Waals surface area (Å²) in [6.07, 6.45) is 10.2. The van der Waals surface area contributed by atoms with Gasteiger partial charge in [0, 0.05) is 19.0 Å². The molecule has 0 aromatic heterocycles. The minimum Gasteiger partial charge on any atom is -0.390 e. The van der Waals surface area contributed by atoms with E-state index in [2.05, 4.69) is 49.6 Å². The molecule has 0 aliphatic carbocycles. The van der Waals surface area contributed by atoms with Crippen molar-refractivity contribution in [2.24, 2.45) is 16.3 Å². The molecule has 1 heterocycles. The lowest BCUT2D eigenvalue weighted by atomic mass is 9.86. The molecule has 0 saturated heterocycles. The van der Waals surface area contributed by atoms with Crippen LogP contribution in [0.25, 0.3) is 5.57 Å². The summed E-state index contributed by atoms with van der Waals surface area (Å²) in [5, 5.41) is 7.23. The van der Waals surface area contributed by atoms with Crippen LogP contribution in [-0.2, 0) is 6.42 Å². The van der Waals surface area contributed by atoms with Gasteiger partial charge in [0.25, 0.3) is 0 Å². The molecule has 0 bridgehead atoms. The Hall–Kier alpha value is -1.91. The van der Waals surface area contributed by atoms with Crippen LogP contribution in [-0.4, -0.2) is 26.0 Å². The van der Waals surface area contributed by atoms with E-state index in [1.54, 1.807) is 12.3 Å². The van der Waals surface area contributed by atoms with Crippen molar-refractivity contribution in [2.45, 2.75) is 65.7 Å². The van der Waals surface area contributed by atoms with Gasteiger partial charge in [-0.25, -0.2) is 4.39 Å². The third-order valence-corrected chi connectivity index (χ3v) is 6.06. The molecular formula is C28H41ClFN3.